The Bertz CT molecular complexity index is 800. The Morgan fingerprint density at radius 3 is 2.82 bits per heavy atom. The number of fused-ring (bicyclic) bond motifs is 1. The van der Waals surface area contributed by atoms with Gasteiger partial charge in [-0.1, -0.05) is 0 Å². The lowest BCUT2D eigenvalue weighted by Gasteiger charge is -2.36. The van der Waals surface area contributed by atoms with E-state index in [1.165, 1.54) is 4.88 Å². The fourth-order valence-corrected chi connectivity index (χ4v) is 3.76. The molecule has 3 N–H and O–H groups in total. The van der Waals surface area contributed by atoms with Crippen LogP contribution in [-0.2, 0) is 0 Å². The monoisotopic (exact) mass is 313 g/mol. The first-order valence-electron chi connectivity index (χ1n) is 7.57. The molecule has 3 aromatic rings. The molecule has 22 heavy (non-hydrogen) atoms. The zero-order valence-corrected chi connectivity index (χ0v) is 13.5. The van der Waals surface area contributed by atoms with Gasteiger partial charge in [-0.2, -0.15) is 0 Å². The molecule has 0 aliphatic heterocycles. The minimum atomic E-state index is 0.512. The lowest BCUT2D eigenvalue weighted by molar-refractivity contribution is 0.327. The minimum Gasteiger partial charge on any atom is -0.381 e. The van der Waals surface area contributed by atoms with Crippen molar-refractivity contribution in [3.8, 4) is 10.6 Å². The predicted molar refractivity (Wildman–Crippen MR) is 91.4 cm³/mol. The van der Waals surface area contributed by atoms with Crippen LogP contribution >= 0.6 is 11.3 Å². The lowest BCUT2D eigenvalue weighted by Crippen LogP contribution is -2.46. The van der Waals surface area contributed by atoms with Crippen LogP contribution in [0.4, 0.5) is 5.69 Å². The second-order valence-corrected chi connectivity index (χ2v) is 7.10. The molecule has 4 rings (SSSR count). The molecule has 0 unspecified atom stereocenters. The van der Waals surface area contributed by atoms with Gasteiger partial charge in [0.2, 0.25) is 0 Å². The summed E-state index contributed by atoms with van der Waals surface area (Å²) in [6.07, 6.45) is 8.10. The standard InChI is InChI=1S/C16H19N5S/c1-9-7-20-16(22-9)13-8-19-15-12(3-4-18-15)14(13)21-11-5-10(6-11)17-2/h3-4,7-8,10-11,17H,5-6H2,1-2H3,(H2,18,19,21). The van der Waals surface area contributed by atoms with E-state index in [2.05, 4.69) is 38.6 Å². The van der Waals surface area contributed by atoms with Crippen molar-refractivity contribution in [3.63, 3.8) is 0 Å². The number of nitrogens with zero attached hydrogens (tertiary/aromatic N) is 2. The van der Waals surface area contributed by atoms with Crippen LogP contribution in [0.5, 0.6) is 0 Å². The zero-order chi connectivity index (χ0) is 15.1. The molecule has 114 valence electrons. The fraction of sp³-hybridized carbons (Fsp3) is 0.375. The summed E-state index contributed by atoms with van der Waals surface area (Å²) >= 11 is 1.71. The van der Waals surface area contributed by atoms with Crippen LogP contribution < -0.4 is 10.6 Å². The fourth-order valence-electron chi connectivity index (χ4n) is 2.98. The molecule has 0 bridgehead atoms. The van der Waals surface area contributed by atoms with Crippen molar-refractivity contribution in [2.45, 2.75) is 31.8 Å². The van der Waals surface area contributed by atoms with E-state index in [1.54, 1.807) is 11.3 Å². The van der Waals surface area contributed by atoms with Gasteiger partial charge in [0.1, 0.15) is 10.7 Å². The molecular formula is C16H19N5S. The third-order valence-corrected chi connectivity index (χ3v) is 5.28. The highest BCUT2D eigenvalue weighted by Gasteiger charge is 2.29. The third-order valence-electron chi connectivity index (χ3n) is 4.33. The Labute approximate surface area is 133 Å². The number of thiazole rings is 1. The SMILES string of the molecule is CNC1CC(Nc2c(-c3ncc(C)s3)cnc3[nH]ccc23)C1. The van der Waals surface area contributed by atoms with Gasteiger partial charge in [0, 0.05) is 40.9 Å². The average Bonchev–Trinajstić information content (AvgIpc) is 3.10. The van der Waals surface area contributed by atoms with Crippen molar-refractivity contribution in [1.82, 2.24) is 20.3 Å². The van der Waals surface area contributed by atoms with Crippen molar-refractivity contribution in [2.24, 2.45) is 0 Å². The Morgan fingerprint density at radius 1 is 1.23 bits per heavy atom. The summed E-state index contributed by atoms with van der Waals surface area (Å²) in [6, 6.07) is 3.23. The molecule has 1 saturated carbocycles. The largest absolute Gasteiger partial charge is 0.381 e. The number of aromatic nitrogens is 3. The van der Waals surface area contributed by atoms with Crippen LogP contribution in [0.1, 0.15) is 17.7 Å². The van der Waals surface area contributed by atoms with Crippen LogP contribution in [0.25, 0.3) is 21.6 Å². The molecule has 0 atom stereocenters. The van der Waals surface area contributed by atoms with E-state index in [9.17, 15) is 0 Å². The van der Waals surface area contributed by atoms with Crippen LogP contribution in [0.3, 0.4) is 0 Å². The van der Waals surface area contributed by atoms with E-state index < -0.39 is 0 Å². The molecule has 0 saturated heterocycles. The first kappa shape index (κ1) is 13.7. The Morgan fingerprint density at radius 2 is 2.09 bits per heavy atom. The van der Waals surface area contributed by atoms with Crippen molar-refractivity contribution in [3.05, 3.63) is 29.5 Å². The molecular weight excluding hydrogens is 294 g/mol. The van der Waals surface area contributed by atoms with E-state index in [0.29, 0.717) is 12.1 Å². The van der Waals surface area contributed by atoms with E-state index in [-0.39, 0.29) is 0 Å². The summed E-state index contributed by atoms with van der Waals surface area (Å²) < 4.78 is 0. The molecule has 0 amide bonds. The highest BCUT2D eigenvalue weighted by Crippen LogP contribution is 2.37. The third kappa shape index (κ3) is 2.28. The topological polar surface area (TPSA) is 65.6 Å². The van der Waals surface area contributed by atoms with Gasteiger partial charge in [-0.25, -0.2) is 9.97 Å². The van der Waals surface area contributed by atoms with Gasteiger partial charge in [0.05, 0.1) is 11.3 Å². The maximum atomic E-state index is 4.54. The number of pyridine rings is 1. The molecule has 0 spiro atoms. The molecule has 6 heteroatoms. The van der Waals surface area contributed by atoms with Gasteiger partial charge in [-0.05, 0) is 32.9 Å². The maximum Gasteiger partial charge on any atom is 0.139 e. The molecule has 1 fully saturated rings. The molecule has 3 aromatic heterocycles. The highest BCUT2D eigenvalue weighted by molar-refractivity contribution is 7.15. The van der Waals surface area contributed by atoms with Gasteiger partial charge < -0.3 is 15.6 Å². The number of anilines is 1. The van der Waals surface area contributed by atoms with Gasteiger partial charge in [0.25, 0.3) is 0 Å². The predicted octanol–water partition coefficient (Wildman–Crippen LogP) is 3.16. The summed E-state index contributed by atoms with van der Waals surface area (Å²) in [7, 11) is 2.03. The number of aromatic amines is 1. The van der Waals surface area contributed by atoms with Crippen molar-refractivity contribution >= 4 is 28.1 Å². The van der Waals surface area contributed by atoms with Crippen molar-refractivity contribution < 1.29 is 0 Å². The molecule has 1 aliphatic rings. The van der Waals surface area contributed by atoms with E-state index in [4.69, 9.17) is 0 Å². The number of nitrogens with one attached hydrogen (secondary N) is 3. The van der Waals surface area contributed by atoms with Gasteiger partial charge in [-0.3, -0.25) is 0 Å². The smallest absolute Gasteiger partial charge is 0.139 e. The van der Waals surface area contributed by atoms with Crippen LogP contribution in [0, 0.1) is 6.92 Å². The summed E-state index contributed by atoms with van der Waals surface area (Å²) in [5.41, 5.74) is 3.17. The molecule has 1 aliphatic carbocycles. The zero-order valence-electron chi connectivity index (χ0n) is 12.7. The van der Waals surface area contributed by atoms with Gasteiger partial charge >= 0.3 is 0 Å². The van der Waals surface area contributed by atoms with E-state index in [0.717, 1.165) is 40.1 Å². The average molecular weight is 313 g/mol. The summed E-state index contributed by atoms with van der Waals surface area (Å²) in [5.74, 6) is 0. The number of rotatable bonds is 4. The second-order valence-electron chi connectivity index (χ2n) is 5.86. The molecule has 3 heterocycles. The van der Waals surface area contributed by atoms with Crippen LogP contribution in [0.2, 0.25) is 0 Å². The van der Waals surface area contributed by atoms with E-state index in [1.807, 2.05) is 25.6 Å². The Balaban J connectivity index is 1.74. The first-order chi connectivity index (χ1) is 10.7. The van der Waals surface area contributed by atoms with Crippen molar-refractivity contribution in [1.29, 1.82) is 0 Å². The number of aryl methyl sites for hydroxylation is 1. The molecule has 5 nitrogen and oxygen atoms in total. The summed E-state index contributed by atoms with van der Waals surface area (Å²) in [5, 5.41) is 9.21. The van der Waals surface area contributed by atoms with E-state index >= 15 is 0 Å². The highest BCUT2D eigenvalue weighted by atomic mass is 32.1. The summed E-state index contributed by atoms with van der Waals surface area (Å²) in [4.78, 5) is 13.5. The molecule has 0 aromatic carbocycles. The van der Waals surface area contributed by atoms with Gasteiger partial charge in [0.15, 0.2) is 0 Å². The first-order valence-corrected chi connectivity index (χ1v) is 8.39. The maximum absolute atomic E-state index is 4.54. The molecule has 0 radical (unpaired) electrons. The lowest BCUT2D eigenvalue weighted by atomic mass is 9.86. The second kappa shape index (κ2) is 5.37. The van der Waals surface area contributed by atoms with Crippen LogP contribution in [0.15, 0.2) is 24.7 Å². The Kier molecular flexibility index (Phi) is 3.35. The quantitative estimate of drug-likeness (QED) is 0.692. The van der Waals surface area contributed by atoms with Crippen LogP contribution in [-0.4, -0.2) is 34.1 Å². The number of H-pyrrole nitrogens is 1. The number of hydrogen-bond acceptors (Lipinski definition) is 5. The summed E-state index contributed by atoms with van der Waals surface area (Å²) in [6.45, 7) is 2.08. The normalized spacial score (nSPS) is 21.0. The minimum absolute atomic E-state index is 0.512. The Hall–Kier alpha value is -1.92. The van der Waals surface area contributed by atoms with Gasteiger partial charge in [-0.15, -0.1) is 11.3 Å². The van der Waals surface area contributed by atoms with Crippen molar-refractivity contribution in [2.75, 3.05) is 12.4 Å². The number of hydrogen-bond donors (Lipinski definition) is 3.